The topological polar surface area (TPSA) is 95.0 Å². The van der Waals surface area contributed by atoms with E-state index in [0.717, 1.165) is 23.4 Å². The fraction of sp³-hybridized carbons (Fsp3) is 0.455. The van der Waals surface area contributed by atoms with Gasteiger partial charge in [-0.3, -0.25) is 0 Å². The second-order valence-electron chi connectivity index (χ2n) is 4.37. The van der Waals surface area contributed by atoms with Gasteiger partial charge in [0.25, 0.3) is 0 Å². The highest BCUT2D eigenvalue weighted by atomic mass is 32.2. The van der Waals surface area contributed by atoms with Crippen molar-refractivity contribution >= 4 is 29.0 Å². The van der Waals surface area contributed by atoms with Gasteiger partial charge in [-0.05, 0) is 12.8 Å². The van der Waals surface area contributed by atoms with E-state index in [2.05, 4.69) is 19.9 Å². The van der Waals surface area contributed by atoms with Crippen LogP contribution in [-0.2, 0) is 0 Å². The zero-order valence-electron chi connectivity index (χ0n) is 10.1. The van der Waals surface area contributed by atoms with E-state index in [4.69, 9.17) is 5.11 Å². The number of nitrogens with one attached hydrogen (secondary N) is 1. The molecule has 7 nitrogen and oxygen atoms in total. The van der Waals surface area contributed by atoms with Crippen LogP contribution in [0.2, 0.25) is 0 Å². The summed E-state index contributed by atoms with van der Waals surface area (Å²) in [4.78, 5) is 27.8. The minimum absolute atomic E-state index is 0.386. The first kappa shape index (κ1) is 12.2. The smallest absolute Gasteiger partial charge is 0.407 e. The molecule has 0 saturated carbocycles. The Morgan fingerprint density at radius 3 is 2.89 bits per heavy atom. The molecule has 3 heterocycles. The molecule has 0 atom stereocenters. The van der Waals surface area contributed by atoms with Crippen LogP contribution in [0.3, 0.4) is 0 Å². The lowest BCUT2D eigenvalue weighted by molar-refractivity contribution is 0.136. The number of rotatable bonds is 2. The van der Waals surface area contributed by atoms with Gasteiger partial charge in [-0.2, -0.15) is 0 Å². The molecule has 100 valence electrons. The number of aromatic nitrogens is 4. The zero-order valence-corrected chi connectivity index (χ0v) is 10.9. The maximum atomic E-state index is 10.8. The van der Waals surface area contributed by atoms with Crippen LogP contribution in [0, 0.1) is 0 Å². The van der Waals surface area contributed by atoms with Gasteiger partial charge in [0.15, 0.2) is 5.65 Å². The molecule has 19 heavy (non-hydrogen) atoms. The highest BCUT2D eigenvalue weighted by molar-refractivity contribution is 8.00. The summed E-state index contributed by atoms with van der Waals surface area (Å²) in [6.45, 7) is 1.18. The molecular weight excluding hydrogens is 266 g/mol. The Balaban J connectivity index is 1.69. The van der Waals surface area contributed by atoms with E-state index >= 15 is 0 Å². The number of carboxylic acid groups (broad SMARTS) is 1. The summed E-state index contributed by atoms with van der Waals surface area (Å²) in [5.41, 5.74) is 1.52. The number of thioether (sulfide) groups is 1. The molecule has 0 radical (unpaired) electrons. The number of piperidine rings is 1. The summed E-state index contributed by atoms with van der Waals surface area (Å²) in [7, 11) is 0. The predicted octanol–water partition coefficient (Wildman–Crippen LogP) is 1.59. The first-order chi connectivity index (χ1) is 9.24. The van der Waals surface area contributed by atoms with Gasteiger partial charge in [0, 0.05) is 18.3 Å². The Labute approximate surface area is 113 Å². The molecule has 1 saturated heterocycles. The normalized spacial score (nSPS) is 16.9. The van der Waals surface area contributed by atoms with Crippen molar-refractivity contribution in [3.63, 3.8) is 0 Å². The van der Waals surface area contributed by atoms with Crippen molar-refractivity contribution in [1.82, 2.24) is 24.8 Å². The van der Waals surface area contributed by atoms with Crippen LogP contribution in [-0.4, -0.2) is 54.4 Å². The third-order valence-corrected chi connectivity index (χ3v) is 4.52. The van der Waals surface area contributed by atoms with Crippen LogP contribution in [0.5, 0.6) is 0 Å². The van der Waals surface area contributed by atoms with E-state index in [1.807, 2.05) is 0 Å². The molecule has 8 heteroatoms. The molecule has 0 bridgehead atoms. The van der Waals surface area contributed by atoms with E-state index < -0.39 is 6.09 Å². The van der Waals surface area contributed by atoms with Crippen LogP contribution in [0.25, 0.3) is 11.2 Å². The maximum absolute atomic E-state index is 10.8. The van der Waals surface area contributed by atoms with Crippen molar-refractivity contribution in [2.45, 2.75) is 23.1 Å². The summed E-state index contributed by atoms with van der Waals surface area (Å²) in [6, 6.07) is 0. The van der Waals surface area contributed by atoms with Gasteiger partial charge in [0.05, 0.1) is 6.33 Å². The number of likely N-dealkylation sites (tertiary alicyclic amines) is 1. The van der Waals surface area contributed by atoms with E-state index in [0.29, 0.717) is 24.0 Å². The number of imidazole rings is 1. The van der Waals surface area contributed by atoms with Crippen LogP contribution < -0.4 is 0 Å². The quantitative estimate of drug-likeness (QED) is 0.810. The third-order valence-electron chi connectivity index (χ3n) is 3.18. The lowest BCUT2D eigenvalue weighted by Crippen LogP contribution is -2.38. The average Bonchev–Trinajstić information content (AvgIpc) is 2.89. The van der Waals surface area contributed by atoms with E-state index in [-0.39, 0.29) is 0 Å². The Hall–Kier alpha value is -1.83. The van der Waals surface area contributed by atoms with Crippen LogP contribution in [0.15, 0.2) is 17.7 Å². The third kappa shape index (κ3) is 2.48. The molecule has 1 aliphatic rings. The minimum atomic E-state index is -0.832. The number of aromatic amines is 1. The molecule has 0 spiro atoms. The van der Waals surface area contributed by atoms with Crippen molar-refractivity contribution in [2.75, 3.05) is 13.1 Å². The van der Waals surface area contributed by atoms with Crippen LogP contribution in [0.1, 0.15) is 12.8 Å². The highest BCUT2D eigenvalue weighted by Gasteiger charge is 2.24. The molecule has 0 unspecified atom stereocenters. The van der Waals surface area contributed by atoms with Crippen molar-refractivity contribution in [2.24, 2.45) is 0 Å². The molecule has 2 aromatic rings. The molecule has 1 fully saturated rings. The molecular formula is C11H13N5O2S. The largest absolute Gasteiger partial charge is 0.465 e. The number of fused-ring (bicyclic) bond motifs is 1. The van der Waals surface area contributed by atoms with Crippen LogP contribution >= 0.6 is 11.8 Å². The summed E-state index contributed by atoms with van der Waals surface area (Å²) >= 11 is 1.67. The average molecular weight is 279 g/mol. The van der Waals surface area contributed by atoms with E-state index in [1.54, 1.807) is 18.1 Å². The van der Waals surface area contributed by atoms with E-state index in [9.17, 15) is 4.79 Å². The first-order valence-electron chi connectivity index (χ1n) is 6.02. The fourth-order valence-corrected chi connectivity index (χ4v) is 3.29. The maximum Gasteiger partial charge on any atom is 0.407 e. The van der Waals surface area contributed by atoms with Crippen molar-refractivity contribution < 1.29 is 9.90 Å². The minimum Gasteiger partial charge on any atom is -0.465 e. The van der Waals surface area contributed by atoms with Gasteiger partial charge in [-0.25, -0.2) is 19.7 Å². The molecule has 1 amide bonds. The summed E-state index contributed by atoms with van der Waals surface area (Å²) in [5, 5.41) is 10.2. The van der Waals surface area contributed by atoms with Gasteiger partial charge in [0.1, 0.15) is 16.9 Å². The fourth-order valence-electron chi connectivity index (χ4n) is 2.16. The number of hydrogen-bond donors (Lipinski definition) is 2. The molecule has 0 aromatic carbocycles. The van der Waals surface area contributed by atoms with Gasteiger partial charge < -0.3 is 15.0 Å². The van der Waals surface area contributed by atoms with E-state index in [1.165, 1.54) is 11.2 Å². The number of carbonyl (C=O) groups is 1. The second-order valence-corrected chi connectivity index (χ2v) is 5.66. The van der Waals surface area contributed by atoms with Crippen molar-refractivity contribution in [3.8, 4) is 0 Å². The second kappa shape index (κ2) is 5.04. The monoisotopic (exact) mass is 279 g/mol. The lowest BCUT2D eigenvalue weighted by atomic mass is 10.1. The zero-order chi connectivity index (χ0) is 13.2. The van der Waals surface area contributed by atoms with Gasteiger partial charge in [0.2, 0.25) is 0 Å². The molecule has 1 aliphatic heterocycles. The van der Waals surface area contributed by atoms with Crippen LogP contribution in [0.4, 0.5) is 4.79 Å². The van der Waals surface area contributed by atoms with Crippen molar-refractivity contribution in [3.05, 3.63) is 12.7 Å². The summed E-state index contributed by atoms with van der Waals surface area (Å²) in [5.74, 6) is 0. The van der Waals surface area contributed by atoms with Gasteiger partial charge in [-0.1, -0.05) is 0 Å². The predicted molar refractivity (Wildman–Crippen MR) is 70.2 cm³/mol. The van der Waals surface area contributed by atoms with Gasteiger partial charge >= 0.3 is 6.09 Å². The Morgan fingerprint density at radius 1 is 1.37 bits per heavy atom. The highest BCUT2D eigenvalue weighted by Crippen LogP contribution is 2.31. The Kier molecular flexibility index (Phi) is 3.24. The summed E-state index contributed by atoms with van der Waals surface area (Å²) < 4.78 is 0. The molecule has 2 N–H and O–H groups in total. The Bertz CT molecular complexity index is 594. The SMILES string of the molecule is O=C(O)N1CCC(Sc2ncnc3nc[nH]c23)CC1. The lowest BCUT2D eigenvalue weighted by Gasteiger charge is -2.29. The summed E-state index contributed by atoms with van der Waals surface area (Å²) in [6.07, 6.45) is 3.98. The number of nitrogens with zero attached hydrogens (tertiary/aromatic N) is 4. The standard InChI is InChI=1S/C11H13N5O2S/c17-11(18)16-3-1-7(2-4-16)19-10-8-9(13-5-12-8)14-6-15-10/h5-7H,1-4H2,(H,17,18)(H,12,13,14,15). The molecule has 0 aliphatic carbocycles. The van der Waals surface area contributed by atoms with Gasteiger partial charge in [-0.15, -0.1) is 11.8 Å². The van der Waals surface area contributed by atoms with Crippen molar-refractivity contribution in [1.29, 1.82) is 0 Å². The number of hydrogen-bond acceptors (Lipinski definition) is 5. The Morgan fingerprint density at radius 2 is 2.16 bits per heavy atom. The number of amides is 1. The molecule has 2 aromatic heterocycles. The first-order valence-corrected chi connectivity index (χ1v) is 6.90. The number of H-pyrrole nitrogens is 1. The molecule has 3 rings (SSSR count).